The van der Waals surface area contributed by atoms with Crippen molar-refractivity contribution in [3.05, 3.63) is 71.8 Å². The van der Waals surface area contributed by atoms with E-state index in [0.717, 1.165) is 27.8 Å². The van der Waals surface area contributed by atoms with Gasteiger partial charge in [-0.05, 0) is 46.4 Å². The van der Waals surface area contributed by atoms with Gasteiger partial charge in [0, 0.05) is 18.0 Å². The second-order valence-electron chi connectivity index (χ2n) is 5.95. The summed E-state index contributed by atoms with van der Waals surface area (Å²) in [6.07, 6.45) is 3.41. The van der Waals surface area contributed by atoms with Gasteiger partial charge in [-0.3, -0.25) is 0 Å². The SMILES string of the molecule is CC(C)c1c(-c2ncccn2)ccc(-c2ccc(F)cc2)c1CO. The van der Waals surface area contributed by atoms with Gasteiger partial charge in [-0.15, -0.1) is 0 Å². The molecule has 122 valence electrons. The van der Waals surface area contributed by atoms with Gasteiger partial charge in [0.25, 0.3) is 0 Å². The van der Waals surface area contributed by atoms with Gasteiger partial charge in [0.05, 0.1) is 6.61 Å². The van der Waals surface area contributed by atoms with Crippen molar-refractivity contribution in [3.63, 3.8) is 0 Å². The molecule has 0 amide bonds. The van der Waals surface area contributed by atoms with E-state index in [1.165, 1.54) is 12.1 Å². The van der Waals surface area contributed by atoms with Crippen molar-refractivity contribution in [2.24, 2.45) is 0 Å². The van der Waals surface area contributed by atoms with Crippen molar-refractivity contribution >= 4 is 0 Å². The molecule has 1 heterocycles. The van der Waals surface area contributed by atoms with Crippen LogP contribution in [0.2, 0.25) is 0 Å². The number of benzene rings is 2. The van der Waals surface area contributed by atoms with Crippen molar-refractivity contribution in [1.82, 2.24) is 9.97 Å². The molecule has 0 aliphatic heterocycles. The quantitative estimate of drug-likeness (QED) is 0.765. The van der Waals surface area contributed by atoms with E-state index in [0.29, 0.717) is 5.82 Å². The minimum Gasteiger partial charge on any atom is -0.392 e. The zero-order valence-corrected chi connectivity index (χ0v) is 13.7. The first-order chi connectivity index (χ1) is 11.6. The Morgan fingerprint density at radius 3 is 2.17 bits per heavy atom. The molecule has 0 unspecified atom stereocenters. The Morgan fingerprint density at radius 1 is 0.958 bits per heavy atom. The van der Waals surface area contributed by atoms with E-state index in [4.69, 9.17) is 0 Å². The maximum atomic E-state index is 13.2. The fraction of sp³-hybridized carbons (Fsp3) is 0.200. The summed E-state index contributed by atoms with van der Waals surface area (Å²) in [5.74, 6) is 0.551. The highest BCUT2D eigenvalue weighted by atomic mass is 19.1. The van der Waals surface area contributed by atoms with Crippen molar-refractivity contribution in [2.45, 2.75) is 26.4 Å². The number of halogens is 1. The van der Waals surface area contributed by atoms with Gasteiger partial charge in [0.1, 0.15) is 5.82 Å². The average Bonchev–Trinajstić information content (AvgIpc) is 2.61. The summed E-state index contributed by atoms with van der Waals surface area (Å²) < 4.78 is 13.2. The molecule has 3 nitrogen and oxygen atoms in total. The molecule has 0 radical (unpaired) electrons. The number of nitrogens with zero attached hydrogens (tertiary/aromatic N) is 2. The first kappa shape index (κ1) is 16.3. The minimum atomic E-state index is -0.275. The van der Waals surface area contributed by atoms with Gasteiger partial charge in [-0.25, -0.2) is 14.4 Å². The first-order valence-electron chi connectivity index (χ1n) is 7.91. The molecule has 2 aromatic carbocycles. The van der Waals surface area contributed by atoms with E-state index in [1.54, 1.807) is 30.6 Å². The van der Waals surface area contributed by atoms with Crippen molar-refractivity contribution in [1.29, 1.82) is 0 Å². The minimum absolute atomic E-state index is 0.0963. The summed E-state index contributed by atoms with van der Waals surface area (Å²) in [7, 11) is 0. The number of aliphatic hydroxyl groups is 1. The third-order valence-corrected chi connectivity index (χ3v) is 4.05. The molecular formula is C20H19FN2O. The number of aromatic nitrogens is 2. The van der Waals surface area contributed by atoms with E-state index in [1.807, 2.05) is 12.1 Å². The van der Waals surface area contributed by atoms with Gasteiger partial charge in [0.15, 0.2) is 5.82 Å². The first-order valence-corrected chi connectivity index (χ1v) is 7.91. The zero-order valence-electron chi connectivity index (χ0n) is 13.7. The smallest absolute Gasteiger partial charge is 0.159 e. The average molecular weight is 322 g/mol. The third kappa shape index (κ3) is 3.05. The Hall–Kier alpha value is -2.59. The van der Waals surface area contributed by atoms with Crippen LogP contribution in [0.5, 0.6) is 0 Å². The molecule has 1 aromatic heterocycles. The molecule has 1 N–H and O–H groups in total. The Bertz CT molecular complexity index is 830. The third-order valence-electron chi connectivity index (χ3n) is 4.05. The summed E-state index contributed by atoms with van der Waals surface area (Å²) in [5.41, 5.74) is 4.55. The summed E-state index contributed by atoms with van der Waals surface area (Å²) in [6.45, 7) is 4.06. The van der Waals surface area contributed by atoms with Crippen LogP contribution in [-0.4, -0.2) is 15.1 Å². The molecule has 0 spiro atoms. The lowest BCUT2D eigenvalue weighted by molar-refractivity contribution is 0.281. The predicted molar refractivity (Wildman–Crippen MR) is 92.9 cm³/mol. The molecule has 0 bridgehead atoms. The van der Waals surface area contributed by atoms with Crippen LogP contribution in [0.3, 0.4) is 0 Å². The van der Waals surface area contributed by atoms with Crippen LogP contribution in [0.4, 0.5) is 4.39 Å². The summed E-state index contributed by atoms with van der Waals surface area (Å²) >= 11 is 0. The number of hydrogen-bond donors (Lipinski definition) is 1. The van der Waals surface area contributed by atoms with Crippen molar-refractivity contribution in [3.8, 4) is 22.5 Å². The lowest BCUT2D eigenvalue weighted by Gasteiger charge is -2.20. The highest BCUT2D eigenvalue weighted by Crippen LogP contribution is 2.36. The Kier molecular flexibility index (Phi) is 4.67. The van der Waals surface area contributed by atoms with Crippen LogP contribution in [-0.2, 0) is 6.61 Å². The molecule has 24 heavy (non-hydrogen) atoms. The fourth-order valence-corrected chi connectivity index (χ4v) is 3.03. The highest BCUT2D eigenvalue weighted by Gasteiger charge is 2.18. The summed E-state index contributed by atoms with van der Waals surface area (Å²) in [5, 5.41) is 10.0. The number of aliphatic hydroxyl groups excluding tert-OH is 1. The van der Waals surface area contributed by atoms with Crippen LogP contribution in [0.1, 0.15) is 30.9 Å². The van der Waals surface area contributed by atoms with Crippen LogP contribution in [0, 0.1) is 5.82 Å². The summed E-state index contributed by atoms with van der Waals surface area (Å²) in [4.78, 5) is 8.68. The maximum Gasteiger partial charge on any atom is 0.159 e. The van der Waals surface area contributed by atoms with Gasteiger partial charge in [-0.1, -0.05) is 38.1 Å². The van der Waals surface area contributed by atoms with Gasteiger partial charge >= 0.3 is 0 Å². The van der Waals surface area contributed by atoms with E-state index in [9.17, 15) is 9.50 Å². The van der Waals surface area contributed by atoms with Crippen LogP contribution in [0.25, 0.3) is 22.5 Å². The standard InChI is InChI=1S/C20H19FN2O/c1-13(2)19-17(20-22-10-3-11-23-20)9-8-16(18(19)12-24)14-4-6-15(21)7-5-14/h3-11,13,24H,12H2,1-2H3. The van der Waals surface area contributed by atoms with Gasteiger partial charge < -0.3 is 5.11 Å². The Labute approximate surface area is 140 Å². The monoisotopic (exact) mass is 322 g/mol. The molecule has 0 aliphatic carbocycles. The lowest BCUT2D eigenvalue weighted by atomic mass is 9.86. The molecule has 3 aromatic rings. The van der Waals surface area contributed by atoms with Crippen LogP contribution in [0.15, 0.2) is 54.9 Å². The number of hydrogen-bond acceptors (Lipinski definition) is 3. The Balaban J connectivity index is 2.23. The second-order valence-corrected chi connectivity index (χ2v) is 5.95. The summed E-state index contributed by atoms with van der Waals surface area (Å²) in [6, 6.07) is 12.0. The largest absolute Gasteiger partial charge is 0.392 e. The lowest BCUT2D eigenvalue weighted by Crippen LogP contribution is -2.04. The van der Waals surface area contributed by atoms with E-state index >= 15 is 0 Å². The van der Waals surface area contributed by atoms with E-state index in [2.05, 4.69) is 23.8 Å². The van der Waals surface area contributed by atoms with E-state index in [-0.39, 0.29) is 18.3 Å². The predicted octanol–water partition coefficient (Wildman–Crippen LogP) is 4.57. The normalized spacial score (nSPS) is 11.0. The number of rotatable bonds is 4. The molecular weight excluding hydrogens is 303 g/mol. The van der Waals surface area contributed by atoms with Crippen molar-refractivity contribution in [2.75, 3.05) is 0 Å². The van der Waals surface area contributed by atoms with Crippen LogP contribution >= 0.6 is 0 Å². The molecule has 0 atom stereocenters. The topological polar surface area (TPSA) is 46.0 Å². The van der Waals surface area contributed by atoms with Crippen molar-refractivity contribution < 1.29 is 9.50 Å². The molecule has 0 aliphatic rings. The van der Waals surface area contributed by atoms with Gasteiger partial charge in [-0.2, -0.15) is 0 Å². The fourth-order valence-electron chi connectivity index (χ4n) is 3.03. The molecule has 4 heteroatoms. The van der Waals surface area contributed by atoms with E-state index < -0.39 is 0 Å². The molecule has 0 saturated carbocycles. The van der Waals surface area contributed by atoms with Crippen LogP contribution < -0.4 is 0 Å². The second kappa shape index (κ2) is 6.89. The molecule has 0 saturated heterocycles. The maximum absolute atomic E-state index is 13.2. The highest BCUT2D eigenvalue weighted by molar-refractivity contribution is 5.75. The van der Waals surface area contributed by atoms with Gasteiger partial charge in [0.2, 0.25) is 0 Å². The molecule has 0 fully saturated rings. The Morgan fingerprint density at radius 2 is 1.58 bits per heavy atom. The molecule has 3 rings (SSSR count). The zero-order chi connectivity index (χ0) is 17.1.